The number of non-ortho nitro benzene ring substituents is 1. The number of nitro benzene ring substituents is 1. The number of halogens is 3. The van der Waals surface area contributed by atoms with Crippen LogP contribution in [-0.2, 0) is 6.18 Å². The fraction of sp³-hybridized carbons (Fsp3) is 0.0769. The maximum Gasteiger partial charge on any atom is 0.431 e. The molecule has 0 aliphatic rings. The van der Waals surface area contributed by atoms with Gasteiger partial charge in [0.1, 0.15) is 17.5 Å². The molecular formula is C13H6F3N3O3. The highest BCUT2D eigenvalue weighted by Gasteiger charge is 2.34. The molecule has 0 fully saturated rings. The third kappa shape index (κ3) is 2.80. The van der Waals surface area contributed by atoms with Crippen molar-refractivity contribution in [2.45, 2.75) is 6.18 Å². The Balaban J connectivity index is 2.43. The summed E-state index contributed by atoms with van der Waals surface area (Å²) in [7, 11) is 0. The van der Waals surface area contributed by atoms with E-state index in [0.717, 1.165) is 24.3 Å². The topological polar surface area (TPSA) is 99.8 Å². The molecule has 6 nitrogen and oxygen atoms in total. The largest absolute Gasteiger partial charge is 0.431 e. The number of carbonyl (C=O) groups excluding carboxylic acids is 1. The number of alkyl halides is 3. The molecule has 1 heterocycles. The predicted octanol–water partition coefficient (Wildman–Crippen LogP) is 3.04. The summed E-state index contributed by atoms with van der Waals surface area (Å²) in [6, 6.07) is 6.36. The summed E-state index contributed by atoms with van der Waals surface area (Å²) in [6.45, 7) is 0. The van der Waals surface area contributed by atoms with Crippen LogP contribution in [0.5, 0.6) is 0 Å². The quantitative estimate of drug-likeness (QED) is 0.535. The summed E-state index contributed by atoms with van der Waals surface area (Å²) in [5.74, 6) is -0.859. The molecule has 0 atom stereocenters. The van der Waals surface area contributed by atoms with Crippen LogP contribution in [0.15, 0.2) is 30.3 Å². The van der Waals surface area contributed by atoms with Crippen LogP contribution in [0, 0.1) is 21.4 Å². The second-order valence-electron chi connectivity index (χ2n) is 4.21. The van der Waals surface area contributed by atoms with E-state index in [1.165, 1.54) is 6.07 Å². The number of hydrogen-bond acceptors (Lipinski definition) is 4. The van der Waals surface area contributed by atoms with E-state index < -0.39 is 33.8 Å². The van der Waals surface area contributed by atoms with Gasteiger partial charge in [0.15, 0.2) is 0 Å². The minimum atomic E-state index is -4.72. The minimum absolute atomic E-state index is 0.0716. The van der Waals surface area contributed by atoms with E-state index in [-0.39, 0.29) is 11.3 Å². The van der Waals surface area contributed by atoms with Crippen LogP contribution < -0.4 is 0 Å². The summed E-state index contributed by atoms with van der Waals surface area (Å²) in [4.78, 5) is 23.8. The number of nitrogens with one attached hydrogen (secondary N) is 1. The van der Waals surface area contributed by atoms with Gasteiger partial charge in [0.25, 0.3) is 5.69 Å². The van der Waals surface area contributed by atoms with Crippen molar-refractivity contribution < 1.29 is 22.9 Å². The molecule has 22 heavy (non-hydrogen) atoms. The highest BCUT2D eigenvalue weighted by Crippen LogP contribution is 2.30. The van der Waals surface area contributed by atoms with Crippen molar-refractivity contribution in [3.8, 4) is 6.07 Å². The third-order valence-electron chi connectivity index (χ3n) is 2.81. The van der Waals surface area contributed by atoms with Crippen molar-refractivity contribution in [1.29, 1.82) is 5.26 Å². The molecule has 112 valence electrons. The first kappa shape index (κ1) is 15.2. The van der Waals surface area contributed by atoms with Gasteiger partial charge in [0, 0.05) is 17.7 Å². The van der Waals surface area contributed by atoms with Gasteiger partial charge < -0.3 is 4.98 Å². The standard InChI is InChI=1S/C13H6F3N3O3/c14-13(15,16)10-5-8(6-17)11(18-10)12(20)7-1-3-9(4-2-7)19(21)22/h1-5,18H. The summed E-state index contributed by atoms with van der Waals surface area (Å²) in [5, 5.41) is 19.3. The van der Waals surface area contributed by atoms with E-state index in [0.29, 0.717) is 6.07 Å². The van der Waals surface area contributed by atoms with Crippen LogP contribution in [0.3, 0.4) is 0 Å². The first-order valence-electron chi connectivity index (χ1n) is 5.73. The average molecular weight is 309 g/mol. The van der Waals surface area contributed by atoms with E-state index >= 15 is 0 Å². The number of ketones is 1. The van der Waals surface area contributed by atoms with Gasteiger partial charge in [-0.1, -0.05) is 0 Å². The van der Waals surface area contributed by atoms with Gasteiger partial charge in [0.2, 0.25) is 5.78 Å². The number of carbonyl (C=O) groups is 1. The number of hydrogen-bond donors (Lipinski definition) is 1. The monoisotopic (exact) mass is 309 g/mol. The lowest BCUT2D eigenvalue weighted by Crippen LogP contribution is -2.08. The van der Waals surface area contributed by atoms with Crippen molar-refractivity contribution in [2.24, 2.45) is 0 Å². The van der Waals surface area contributed by atoms with E-state index in [4.69, 9.17) is 5.26 Å². The second kappa shape index (κ2) is 5.33. The smallest absolute Gasteiger partial charge is 0.347 e. The number of aromatic amines is 1. The first-order chi connectivity index (χ1) is 10.2. The zero-order valence-electron chi connectivity index (χ0n) is 10.6. The minimum Gasteiger partial charge on any atom is -0.347 e. The number of rotatable bonds is 3. The molecule has 0 unspecified atom stereocenters. The van der Waals surface area contributed by atoms with Gasteiger partial charge in [-0.05, 0) is 18.2 Å². The Kier molecular flexibility index (Phi) is 3.69. The lowest BCUT2D eigenvalue weighted by atomic mass is 10.1. The highest BCUT2D eigenvalue weighted by molar-refractivity contribution is 6.09. The molecule has 2 rings (SSSR count). The number of aromatic nitrogens is 1. The lowest BCUT2D eigenvalue weighted by Gasteiger charge is -2.02. The summed E-state index contributed by atoms with van der Waals surface area (Å²) in [6.07, 6.45) is -4.72. The third-order valence-corrected chi connectivity index (χ3v) is 2.81. The Labute approximate surface area is 120 Å². The lowest BCUT2D eigenvalue weighted by molar-refractivity contribution is -0.384. The second-order valence-corrected chi connectivity index (χ2v) is 4.21. The molecule has 0 saturated carbocycles. The molecule has 2 aromatic rings. The van der Waals surface area contributed by atoms with Crippen molar-refractivity contribution in [1.82, 2.24) is 4.98 Å². The van der Waals surface area contributed by atoms with E-state index in [2.05, 4.69) is 0 Å². The van der Waals surface area contributed by atoms with Gasteiger partial charge in [0.05, 0.1) is 10.5 Å². The van der Waals surface area contributed by atoms with E-state index in [9.17, 15) is 28.1 Å². The fourth-order valence-electron chi connectivity index (χ4n) is 1.75. The molecule has 1 N–H and O–H groups in total. The molecule has 0 aliphatic carbocycles. The molecule has 0 amide bonds. The fourth-order valence-corrected chi connectivity index (χ4v) is 1.75. The molecule has 0 radical (unpaired) electrons. The molecule has 0 aliphatic heterocycles. The van der Waals surface area contributed by atoms with E-state index in [1.54, 1.807) is 0 Å². The van der Waals surface area contributed by atoms with Crippen molar-refractivity contribution in [2.75, 3.05) is 0 Å². The summed E-state index contributed by atoms with van der Waals surface area (Å²) in [5.41, 5.74) is -2.51. The van der Waals surface area contributed by atoms with Crippen LogP contribution in [0.25, 0.3) is 0 Å². The van der Waals surface area contributed by atoms with Gasteiger partial charge in [-0.25, -0.2) is 0 Å². The molecule has 0 spiro atoms. The van der Waals surface area contributed by atoms with Gasteiger partial charge >= 0.3 is 6.18 Å². The number of nitrogens with zero attached hydrogens (tertiary/aromatic N) is 2. The zero-order valence-corrected chi connectivity index (χ0v) is 10.6. The van der Waals surface area contributed by atoms with E-state index in [1.807, 2.05) is 4.98 Å². The summed E-state index contributed by atoms with van der Waals surface area (Å²) < 4.78 is 37.8. The normalized spacial score (nSPS) is 11.0. The maximum atomic E-state index is 12.6. The van der Waals surface area contributed by atoms with Gasteiger partial charge in [-0.15, -0.1) is 0 Å². The number of H-pyrrole nitrogens is 1. The first-order valence-corrected chi connectivity index (χ1v) is 5.73. The predicted molar refractivity (Wildman–Crippen MR) is 67.0 cm³/mol. The SMILES string of the molecule is N#Cc1cc(C(F)(F)F)[nH]c1C(=O)c1ccc([N+](=O)[O-])cc1. The molecule has 1 aromatic heterocycles. The average Bonchev–Trinajstić information content (AvgIpc) is 2.90. The number of nitriles is 1. The highest BCUT2D eigenvalue weighted by atomic mass is 19.4. The maximum absolute atomic E-state index is 12.6. The van der Waals surface area contributed by atoms with Crippen LogP contribution in [0.4, 0.5) is 18.9 Å². The Morgan fingerprint density at radius 2 is 1.86 bits per heavy atom. The van der Waals surface area contributed by atoms with Gasteiger partial charge in [-0.2, -0.15) is 18.4 Å². The Hall–Kier alpha value is -3.15. The van der Waals surface area contributed by atoms with Crippen molar-refractivity contribution >= 4 is 11.5 Å². The number of benzene rings is 1. The molecule has 1 aromatic carbocycles. The van der Waals surface area contributed by atoms with Crippen LogP contribution in [0.2, 0.25) is 0 Å². The Morgan fingerprint density at radius 1 is 1.27 bits per heavy atom. The summed E-state index contributed by atoms with van der Waals surface area (Å²) >= 11 is 0. The molecule has 9 heteroatoms. The van der Waals surface area contributed by atoms with Crippen molar-refractivity contribution in [3.05, 3.63) is 63.0 Å². The van der Waals surface area contributed by atoms with Crippen LogP contribution >= 0.6 is 0 Å². The van der Waals surface area contributed by atoms with Gasteiger partial charge in [-0.3, -0.25) is 14.9 Å². The Bertz CT molecular complexity index is 786. The molecule has 0 saturated heterocycles. The number of nitro groups is 1. The van der Waals surface area contributed by atoms with Crippen LogP contribution in [-0.4, -0.2) is 15.7 Å². The Morgan fingerprint density at radius 3 is 2.32 bits per heavy atom. The zero-order chi connectivity index (χ0) is 16.5. The molecular weight excluding hydrogens is 303 g/mol. The molecule has 0 bridgehead atoms. The van der Waals surface area contributed by atoms with Crippen molar-refractivity contribution in [3.63, 3.8) is 0 Å². The van der Waals surface area contributed by atoms with Crippen LogP contribution in [0.1, 0.15) is 27.3 Å².